The second-order valence-electron chi connectivity index (χ2n) is 4.36. The summed E-state index contributed by atoms with van der Waals surface area (Å²) in [5.74, 6) is 0.406. The van der Waals surface area contributed by atoms with Crippen LogP contribution in [0.1, 0.15) is 11.1 Å². The summed E-state index contributed by atoms with van der Waals surface area (Å²) in [6.07, 6.45) is 1.17. The van der Waals surface area contributed by atoms with Crippen molar-refractivity contribution in [3.05, 3.63) is 59.7 Å². The normalized spacial score (nSPS) is 9.65. The quantitative estimate of drug-likeness (QED) is 0.613. The van der Waals surface area contributed by atoms with E-state index in [-0.39, 0.29) is 0 Å². The number of anilines is 1. The van der Waals surface area contributed by atoms with Crippen molar-refractivity contribution >= 4 is 11.8 Å². The van der Waals surface area contributed by atoms with E-state index in [1.54, 1.807) is 24.3 Å². The molecule has 0 saturated carbocycles. The summed E-state index contributed by atoms with van der Waals surface area (Å²) in [5, 5.41) is 9.25. The van der Waals surface area contributed by atoms with Crippen LogP contribution in [-0.4, -0.2) is 6.09 Å². The highest BCUT2D eigenvalue weighted by atomic mass is 16.6. The van der Waals surface area contributed by atoms with Crippen LogP contribution >= 0.6 is 0 Å². The minimum Gasteiger partial charge on any atom is -0.409 e. The molecule has 0 heterocycles. The molecule has 100 valence electrons. The van der Waals surface area contributed by atoms with Crippen molar-refractivity contribution in [2.24, 2.45) is 0 Å². The Kier molecular flexibility index (Phi) is 4.02. The van der Waals surface area contributed by atoms with Crippen LogP contribution in [0, 0.1) is 25.3 Å². The fraction of sp³-hybridized carbons (Fsp3) is 0.125. The Hall–Kier alpha value is -2.80. The maximum atomic E-state index is 12.1. The van der Waals surface area contributed by atoms with Crippen LogP contribution in [0.25, 0.3) is 0 Å². The van der Waals surface area contributed by atoms with Crippen molar-refractivity contribution < 1.29 is 9.53 Å². The molecular formula is C16H14N2O2. The fourth-order valence-electron chi connectivity index (χ4n) is 1.98. The van der Waals surface area contributed by atoms with Gasteiger partial charge in [-0.3, -0.25) is 0 Å². The van der Waals surface area contributed by atoms with Gasteiger partial charge in [0.25, 0.3) is 0 Å². The fourth-order valence-corrected chi connectivity index (χ4v) is 1.98. The van der Waals surface area contributed by atoms with Gasteiger partial charge in [0.05, 0.1) is 5.69 Å². The van der Waals surface area contributed by atoms with Crippen LogP contribution in [0.3, 0.4) is 0 Å². The number of aryl methyl sites for hydroxylation is 2. The molecule has 0 radical (unpaired) electrons. The van der Waals surface area contributed by atoms with E-state index in [0.29, 0.717) is 11.4 Å². The molecule has 0 aliphatic rings. The van der Waals surface area contributed by atoms with E-state index in [2.05, 4.69) is 0 Å². The Morgan fingerprint density at radius 1 is 1.05 bits per heavy atom. The number of amides is 1. The van der Waals surface area contributed by atoms with Crippen LogP contribution in [0.2, 0.25) is 0 Å². The van der Waals surface area contributed by atoms with Gasteiger partial charge in [0, 0.05) is 0 Å². The van der Waals surface area contributed by atoms with Crippen LogP contribution < -0.4 is 9.64 Å². The molecule has 0 aliphatic carbocycles. The van der Waals surface area contributed by atoms with Gasteiger partial charge in [-0.05, 0) is 37.1 Å². The lowest BCUT2D eigenvalue weighted by Gasteiger charge is -2.18. The average Bonchev–Trinajstić information content (AvgIpc) is 2.44. The molecule has 4 nitrogen and oxygen atoms in total. The average molecular weight is 266 g/mol. The highest BCUT2D eigenvalue weighted by Gasteiger charge is 2.21. The Bertz CT molecular complexity index is 640. The van der Waals surface area contributed by atoms with Gasteiger partial charge in [-0.25, -0.2) is 4.79 Å². The van der Waals surface area contributed by atoms with E-state index in [4.69, 9.17) is 4.74 Å². The number of nitriles is 1. The highest BCUT2D eigenvalue weighted by molar-refractivity contribution is 5.93. The molecule has 0 saturated heterocycles. The summed E-state index contributed by atoms with van der Waals surface area (Å²) < 4.78 is 5.20. The van der Waals surface area contributed by atoms with E-state index in [9.17, 15) is 10.1 Å². The first kappa shape index (κ1) is 13.6. The summed E-state index contributed by atoms with van der Waals surface area (Å²) in [5.41, 5.74) is 2.25. The topological polar surface area (TPSA) is 53.3 Å². The van der Waals surface area contributed by atoms with Crippen LogP contribution in [-0.2, 0) is 0 Å². The first-order valence-corrected chi connectivity index (χ1v) is 6.16. The maximum absolute atomic E-state index is 12.1. The van der Waals surface area contributed by atoms with Crippen molar-refractivity contribution in [2.75, 3.05) is 4.90 Å². The molecule has 1 amide bonds. The molecule has 2 aromatic rings. The smallest absolute Gasteiger partial charge is 0.409 e. The molecule has 0 aromatic heterocycles. The van der Waals surface area contributed by atoms with Gasteiger partial charge in [-0.1, -0.05) is 36.4 Å². The zero-order valence-corrected chi connectivity index (χ0v) is 11.3. The summed E-state index contributed by atoms with van der Waals surface area (Å²) in [7, 11) is 0. The van der Waals surface area contributed by atoms with E-state index >= 15 is 0 Å². The van der Waals surface area contributed by atoms with Crippen molar-refractivity contribution in [3.8, 4) is 11.9 Å². The van der Waals surface area contributed by atoms with Crippen molar-refractivity contribution in [3.63, 3.8) is 0 Å². The third-order valence-corrected chi connectivity index (χ3v) is 2.89. The number of carbonyl (C=O) groups excluding carboxylic acids is 1. The summed E-state index contributed by atoms with van der Waals surface area (Å²) in [6, 6.07) is 14.3. The maximum Gasteiger partial charge on any atom is 0.433 e. The summed E-state index contributed by atoms with van der Waals surface area (Å²) >= 11 is 0. The molecule has 0 atom stereocenters. The monoisotopic (exact) mass is 266 g/mol. The molecule has 2 aromatic carbocycles. The Balaban J connectivity index is 2.29. The lowest BCUT2D eigenvalue weighted by molar-refractivity contribution is 0.210. The van der Waals surface area contributed by atoms with E-state index in [1.165, 1.54) is 0 Å². The van der Waals surface area contributed by atoms with Gasteiger partial charge >= 0.3 is 6.09 Å². The third kappa shape index (κ3) is 2.78. The SMILES string of the molecule is Cc1cccc(C)c1N(C#N)C(=O)Oc1ccccc1. The van der Waals surface area contributed by atoms with Gasteiger partial charge in [-0.15, -0.1) is 0 Å². The van der Waals surface area contributed by atoms with Crippen LogP contribution in [0.4, 0.5) is 10.5 Å². The first-order chi connectivity index (χ1) is 9.63. The second-order valence-corrected chi connectivity index (χ2v) is 4.36. The zero-order valence-electron chi connectivity index (χ0n) is 11.3. The molecule has 0 bridgehead atoms. The van der Waals surface area contributed by atoms with Crippen LogP contribution in [0.5, 0.6) is 5.75 Å². The predicted molar refractivity (Wildman–Crippen MR) is 76.5 cm³/mol. The predicted octanol–water partition coefficient (Wildman–Crippen LogP) is 3.79. The standard InChI is InChI=1S/C16H14N2O2/c1-12-7-6-8-13(2)15(12)18(11-17)16(19)20-14-9-4-3-5-10-14/h3-10H,1-2H3. The number of para-hydroxylation sites is 2. The van der Waals surface area contributed by atoms with E-state index in [1.807, 2.05) is 44.3 Å². The third-order valence-electron chi connectivity index (χ3n) is 2.89. The number of benzene rings is 2. The van der Waals surface area contributed by atoms with Gasteiger partial charge in [0.1, 0.15) is 5.75 Å². The lowest BCUT2D eigenvalue weighted by Crippen LogP contribution is -2.30. The molecule has 0 unspecified atom stereocenters. The molecule has 0 N–H and O–H groups in total. The molecule has 2 rings (SSSR count). The second kappa shape index (κ2) is 5.89. The minimum atomic E-state index is -0.712. The molecule has 0 aliphatic heterocycles. The number of rotatable bonds is 2. The van der Waals surface area contributed by atoms with Gasteiger partial charge in [-0.2, -0.15) is 10.2 Å². The minimum absolute atomic E-state index is 0.406. The zero-order chi connectivity index (χ0) is 14.5. The number of hydrogen-bond donors (Lipinski definition) is 0. The number of hydrogen-bond acceptors (Lipinski definition) is 3. The lowest BCUT2D eigenvalue weighted by atomic mass is 10.1. The van der Waals surface area contributed by atoms with Crippen molar-refractivity contribution in [1.29, 1.82) is 5.26 Å². The van der Waals surface area contributed by atoms with E-state index < -0.39 is 6.09 Å². The summed E-state index contributed by atoms with van der Waals surface area (Å²) in [6.45, 7) is 3.70. The van der Waals surface area contributed by atoms with E-state index in [0.717, 1.165) is 16.0 Å². The van der Waals surface area contributed by atoms with Gasteiger partial charge < -0.3 is 4.74 Å². The molecule has 0 spiro atoms. The highest BCUT2D eigenvalue weighted by Crippen LogP contribution is 2.25. The number of ether oxygens (including phenoxy) is 1. The van der Waals surface area contributed by atoms with Crippen molar-refractivity contribution in [1.82, 2.24) is 0 Å². The number of carbonyl (C=O) groups is 1. The Labute approximate surface area is 117 Å². The van der Waals surface area contributed by atoms with Crippen molar-refractivity contribution in [2.45, 2.75) is 13.8 Å². The number of nitrogens with zero attached hydrogens (tertiary/aromatic N) is 2. The largest absolute Gasteiger partial charge is 0.433 e. The molecule has 4 heteroatoms. The summed E-state index contributed by atoms with van der Waals surface area (Å²) in [4.78, 5) is 13.1. The molecule has 20 heavy (non-hydrogen) atoms. The van der Waals surface area contributed by atoms with Gasteiger partial charge in [0.15, 0.2) is 6.19 Å². The first-order valence-electron chi connectivity index (χ1n) is 6.16. The Morgan fingerprint density at radius 2 is 1.65 bits per heavy atom. The molecule has 0 fully saturated rings. The van der Waals surface area contributed by atoms with Gasteiger partial charge in [0.2, 0.25) is 0 Å². The Morgan fingerprint density at radius 3 is 2.20 bits per heavy atom. The van der Waals surface area contributed by atoms with Crippen LogP contribution in [0.15, 0.2) is 48.5 Å². The molecular weight excluding hydrogens is 252 g/mol.